The molecule has 2 rings (SSSR count). The standard InChI is InChI=1S/C12H15ClN4/c1-2-12(15)10(11(14)16-7-17-12)8-3-5-9(13)6-4-8/h3-7H,2,14-15H2,1H3,(H,16,17). The van der Waals surface area contributed by atoms with Crippen LogP contribution in [0.2, 0.25) is 5.02 Å². The second-order valence-corrected chi connectivity index (χ2v) is 4.41. The van der Waals surface area contributed by atoms with Gasteiger partial charge in [0.1, 0.15) is 11.5 Å². The molecule has 1 unspecified atom stereocenters. The maximum atomic E-state index is 6.25. The fourth-order valence-electron chi connectivity index (χ4n) is 1.88. The molecule has 0 saturated carbocycles. The number of nitrogens with zero attached hydrogens (tertiary/aromatic N) is 1. The summed E-state index contributed by atoms with van der Waals surface area (Å²) in [6.45, 7) is 1.98. The summed E-state index contributed by atoms with van der Waals surface area (Å²) in [5.74, 6) is 0.534. The second-order valence-electron chi connectivity index (χ2n) is 3.98. The summed E-state index contributed by atoms with van der Waals surface area (Å²) < 4.78 is 0. The van der Waals surface area contributed by atoms with E-state index in [1.807, 2.05) is 31.2 Å². The number of aliphatic imine (C=N–C) groups is 1. The zero-order valence-electron chi connectivity index (χ0n) is 9.57. The van der Waals surface area contributed by atoms with Crippen LogP contribution >= 0.6 is 11.6 Å². The predicted octanol–water partition coefficient (Wildman–Crippen LogP) is 1.66. The fraction of sp³-hybridized carbons (Fsp3) is 0.250. The molecule has 1 atom stereocenters. The van der Waals surface area contributed by atoms with Gasteiger partial charge in [-0.3, -0.25) is 0 Å². The highest BCUT2D eigenvalue weighted by atomic mass is 35.5. The minimum absolute atomic E-state index is 0.534. The van der Waals surface area contributed by atoms with Gasteiger partial charge in [-0.05, 0) is 24.1 Å². The van der Waals surface area contributed by atoms with E-state index < -0.39 is 5.66 Å². The van der Waals surface area contributed by atoms with Crippen LogP contribution < -0.4 is 16.8 Å². The molecule has 0 aliphatic carbocycles. The van der Waals surface area contributed by atoms with E-state index in [0.717, 1.165) is 11.1 Å². The molecule has 1 heterocycles. The fourth-order valence-corrected chi connectivity index (χ4v) is 2.00. The van der Waals surface area contributed by atoms with E-state index >= 15 is 0 Å². The van der Waals surface area contributed by atoms with Crippen LogP contribution in [0.25, 0.3) is 5.57 Å². The highest BCUT2D eigenvalue weighted by Crippen LogP contribution is 2.32. The van der Waals surface area contributed by atoms with Gasteiger partial charge in [-0.2, -0.15) is 0 Å². The van der Waals surface area contributed by atoms with Gasteiger partial charge in [-0.25, -0.2) is 4.99 Å². The SMILES string of the molecule is CCC1(N)N=CNC(N)=C1c1ccc(Cl)cc1. The van der Waals surface area contributed by atoms with E-state index in [1.165, 1.54) is 6.34 Å². The first-order valence-corrected chi connectivity index (χ1v) is 5.80. The molecule has 0 radical (unpaired) electrons. The molecule has 1 aliphatic heterocycles. The molecule has 5 heteroatoms. The molecule has 0 spiro atoms. The monoisotopic (exact) mass is 250 g/mol. The van der Waals surface area contributed by atoms with E-state index in [0.29, 0.717) is 17.3 Å². The van der Waals surface area contributed by atoms with E-state index in [-0.39, 0.29) is 0 Å². The van der Waals surface area contributed by atoms with Gasteiger partial charge in [-0.15, -0.1) is 0 Å². The third-order valence-electron chi connectivity index (χ3n) is 2.89. The van der Waals surface area contributed by atoms with Crippen LogP contribution in [0.3, 0.4) is 0 Å². The summed E-state index contributed by atoms with van der Waals surface area (Å²) >= 11 is 5.87. The molecule has 0 fully saturated rings. The number of nitrogens with two attached hydrogens (primary N) is 2. The molecule has 5 N–H and O–H groups in total. The number of hydrogen-bond donors (Lipinski definition) is 3. The summed E-state index contributed by atoms with van der Waals surface area (Å²) in [6.07, 6.45) is 2.21. The van der Waals surface area contributed by atoms with Gasteiger partial charge in [0.15, 0.2) is 0 Å². The van der Waals surface area contributed by atoms with Crippen LogP contribution in [0.4, 0.5) is 0 Å². The van der Waals surface area contributed by atoms with Crippen molar-refractivity contribution in [1.82, 2.24) is 5.32 Å². The van der Waals surface area contributed by atoms with Gasteiger partial charge in [0.25, 0.3) is 0 Å². The molecule has 0 saturated heterocycles. The molecule has 0 aromatic heterocycles. The lowest BCUT2D eigenvalue weighted by molar-refractivity contribution is 0.544. The lowest BCUT2D eigenvalue weighted by atomic mass is 9.90. The van der Waals surface area contributed by atoms with Crippen molar-refractivity contribution in [2.24, 2.45) is 16.5 Å². The van der Waals surface area contributed by atoms with Crippen molar-refractivity contribution in [3.05, 3.63) is 40.7 Å². The first-order valence-electron chi connectivity index (χ1n) is 5.42. The third-order valence-corrected chi connectivity index (χ3v) is 3.14. The molecule has 1 aliphatic rings. The molecule has 1 aromatic carbocycles. The van der Waals surface area contributed by atoms with E-state index in [1.54, 1.807) is 0 Å². The smallest absolute Gasteiger partial charge is 0.139 e. The number of hydrogen-bond acceptors (Lipinski definition) is 4. The lowest BCUT2D eigenvalue weighted by Gasteiger charge is -2.31. The van der Waals surface area contributed by atoms with Crippen LogP contribution in [-0.4, -0.2) is 12.0 Å². The van der Waals surface area contributed by atoms with Gasteiger partial charge < -0.3 is 16.8 Å². The van der Waals surface area contributed by atoms with Gasteiger partial charge in [0, 0.05) is 10.6 Å². The van der Waals surface area contributed by atoms with Crippen LogP contribution in [0.1, 0.15) is 18.9 Å². The summed E-state index contributed by atoms with van der Waals surface area (Å²) in [6, 6.07) is 7.41. The Morgan fingerprint density at radius 1 is 1.35 bits per heavy atom. The molecule has 1 aromatic rings. The first kappa shape index (κ1) is 12.0. The molecular weight excluding hydrogens is 236 g/mol. The average Bonchev–Trinajstić information content (AvgIpc) is 2.31. The van der Waals surface area contributed by atoms with Crippen molar-refractivity contribution in [2.45, 2.75) is 19.0 Å². The van der Waals surface area contributed by atoms with Gasteiger partial charge in [-0.1, -0.05) is 30.7 Å². The van der Waals surface area contributed by atoms with Crippen LogP contribution in [0.15, 0.2) is 35.1 Å². The molecular formula is C12H15ClN4. The Balaban J connectivity index is 2.51. The summed E-state index contributed by atoms with van der Waals surface area (Å²) in [4.78, 5) is 4.28. The minimum atomic E-state index is -0.775. The molecule has 17 heavy (non-hydrogen) atoms. The zero-order chi connectivity index (χ0) is 12.5. The van der Waals surface area contributed by atoms with E-state index in [9.17, 15) is 0 Å². The van der Waals surface area contributed by atoms with Crippen molar-refractivity contribution >= 4 is 23.5 Å². The maximum Gasteiger partial charge on any atom is 0.139 e. The van der Waals surface area contributed by atoms with Crippen LogP contribution in [0.5, 0.6) is 0 Å². The predicted molar refractivity (Wildman–Crippen MR) is 71.4 cm³/mol. The van der Waals surface area contributed by atoms with Crippen molar-refractivity contribution in [1.29, 1.82) is 0 Å². The summed E-state index contributed by atoms with van der Waals surface area (Å²) in [5, 5.41) is 3.57. The molecule has 4 nitrogen and oxygen atoms in total. The highest BCUT2D eigenvalue weighted by molar-refractivity contribution is 6.30. The first-order chi connectivity index (χ1) is 8.07. The Kier molecular flexibility index (Phi) is 3.09. The Labute approximate surface area is 105 Å². The van der Waals surface area contributed by atoms with Crippen molar-refractivity contribution in [2.75, 3.05) is 0 Å². The Morgan fingerprint density at radius 3 is 2.59 bits per heavy atom. The summed E-state index contributed by atoms with van der Waals surface area (Å²) in [7, 11) is 0. The van der Waals surface area contributed by atoms with Gasteiger partial charge in [0.2, 0.25) is 0 Å². The molecule has 0 amide bonds. The number of nitrogens with one attached hydrogen (secondary N) is 1. The van der Waals surface area contributed by atoms with Crippen LogP contribution in [-0.2, 0) is 0 Å². The van der Waals surface area contributed by atoms with Crippen LogP contribution in [0, 0.1) is 0 Å². The van der Waals surface area contributed by atoms with Gasteiger partial charge >= 0.3 is 0 Å². The Morgan fingerprint density at radius 2 is 2.00 bits per heavy atom. The van der Waals surface area contributed by atoms with Crippen molar-refractivity contribution in [3.8, 4) is 0 Å². The second kappa shape index (κ2) is 4.39. The normalized spacial score (nSPS) is 23.7. The number of rotatable bonds is 2. The molecule has 0 bridgehead atoms. The summed E-state index contributed by atoms with van der Waals surface area (Å²) in [5.41, 5.74) is 13.2. The Hall–Kier alpha value is -1.52. The number of benzene rings is 1. The topological polar surface area (TPSA) is 76.4 Å². The highest BCUT2D eigenvalue weighted by Gasteiger charge is 2.32. The minimum Gasteiger partial charge on any atom is -0.385 e. The van der Waals surface area contributed by atoms with Crippen molar-refractivity contribution in [3.63, 3.8) is 0 Å². The maximum absolute atomic E-state index is 6.25. The third kappa shape index (κ3) is 2.14. The molecule has 90 valence electrons. The average molecular weight is 251 g/mol. The van der Waals surface area contributed by atoms with Crippen molar-refractivity contribution < 1.29 is 0 Å². The largest absolute Gasteiger partial charge is 0.385 e. The Bertz CT molecular complexity index is 478. The van der Waals surface area contributed by atoms with Gasteiger partial charge in [0.05, 0.1) is 6.34 Å². The quantitative estimate of drug-likeness (QED) is 0.747. The van der Waals surface area contributed by atoms with E-state index in [2.05, 4.69) is 10.3 Å². The lowest BCUT2D eigenvalue weighted by Crippen LogP contribution is -2.45. The zero-order valence-corrected chi connectivity index (χ0v) is 10.3. The van der Waals surface area contributed by atoms with E-state index in [4.69, 9.17) is 23.1 Å². The number of halogens is 1.